The predicted molar refractivity (Wildman–Crippen MR) is 145 cm³/mol. The van der Waals surface area contributed by atoms with E-state index in [1.165, 1.54) is 11.1 Å². The topological polar surface area (TPSA) is 187 Å². The molecule has 0 radical (unpaired) electrons. The van der Waals surface area contributed by atoms with Gasteiger partial charge in [-0.3, -0.25) is 24.2 Å². The van der Waals surface area contributed by atoms with Gasteiger partial charge in [-0.1, -0.05) is 30.3 Å². The summed E-state index contributed by atoms with van der Waals surface area (Å²) in [5.74, 6) is -3.51. The third-order valence-corrected chi connectivity index (χ3v) is 6.05. The number of nitrogens with zero attached hydrogens (tertiary/aromatic N) is 2. The summed E-state index contributed by atoms with van der Waals surface area (Å²) < 4.78 is 39.0. The number of anilines is 1. The fourth-order valence-electron chi connectivity index (χ4n) is 3.93. The van der Waals surface area contributed by atoms with Crippen LogP contribution in [0.1, 0.15) is 22.3 Å². The zero-order chi connectivity index (χ0) is 30.2. The van der Waals surface area contributed by atoms with Crippen molar-refractivity contribution in [1.82, 2.24) is 15.2 Å². The Kier molecular flexibility index (Phi) is 10.5. The molecule has 41 heavy (non-hydrogen) atoms. The van der Waals surface area contributed by atoms with E-state index in [4.69, 9.17) is 17.2 Å². The van der Waals surface area contributed by atoms with Crippen molar-refractivity contribution in [3.05, 3.63) is 71.9 Å². The lowest BCUT2D eigenvalue weighted by Crippen LogP contribution is -2.54. The molecule has 0 saturated carbocycles. The molecule has 2 atom stereocenters. The van der Waals surface area contributed by atoms with Gasteiger partial charge in [0.15, 0.2) is 11.8 Å². The third-order valence-electron chi connectivity index (χ3n) is 6.05. The van der Waals surface area contributed by atoms with Crippen molar-refractivity contribution in [3.63, 3.8) is 0 Å². The van der Waals surface area contributed by atoms with Gasteiger partial charge < -0.3 is 32.7 Å². The van der Waals surface area contributed by atoms with Crippen molar-refractivity contribution in [2.24, 2.45) is 17.2 Å². The normalized spacial score (nSPS) is 12.8. The number of nitrogens with two attached hydrogens (primary N) is 3. The molecule has 218 valence electrons. The Morgan fingerprint density at radius 2 is 1.56 bits per heavy atom. The Bertz CT molecular complexity index is 1390. The van der Waals surface area contributed by atoms with Gasteiger partial charge in [-0.15, -0.1) is 0 Å². The van der Waals surface area contributed by atoms with Crippen LogP contribution in [-0.2, 0) is 20.6 Å². The van der Waals surface area contributed by atoms with Crippen LogP contribution in [0.3, 0.4) is 0 Å². The molecule has 0 bridgehead atoms. The lowest BCUT2D eigenvalue weighted by Gasteiger charge is -2.24. The minimum Gasteiger partial charge on any atom is -0.340 e. The first-order valence-electron chi connectivity index (χ1n) is 12.6. The largest absolute Gasteiger partial charge is 0.416 e. The lowest BCUT2D eigenvalue weighted by atomic mass is 10.0. The quantitative estimate of drug-likeness (QED) is 0.157. The number of ketones is 1. The van der Waals surface area contributed by atoms with Gasteiger partial charge >= 0.3 is 6.18 Å². The van der Waals surface area contributed by atoms with Gasteiger partial charge in [0, 0.05) is 37.1 Å². The first kappa shape index (κ1) is 31.1. The Labute approximate surface area is 233 Å². The number of rotatable bonds is 12. The fraction of sp³-hybridized carbons (Fsp3) is 0.296. The molecule has 0 fully saturated rings. The second kappa shape index (κ2) is 13.8. The van der Waals surface area contributed by atoms with Crippen molar-refractivity contribution >= 4 is 40.1 Å². The molecular weight excluding hydrogens is 543 g/mol. The van der Waals surface area contributed by atoms with Crippen LogP contribution in [0.5, 0.6) is 0 Å². The first-order valence-corrected chi connectivity index (χ1v) is 12.6. The number of hydrogen-bond donors (Lipinski definition) is 5. The number of Topliss-reactive ketones (excluding diaryl/α,β-unsaturated/α-hetero) is 1. The molecule has 14 heteroatoms. The SMILES string of the molecule is NCCN(CCN)C(=O)C[C@H](N)C(=O)N[C@H](C(=O)Nc1cnc2ccccc2c1)C(=O)c1ccc(C(F)(F)F)cc1. The number of carbonyl (C=O) groups is 4. The van der Waals surface area contributed by atoms with E-state index in [2.05, 4.69) is 15.6 Å². The van der Waals surface area contributed by atoms with Gasteiger partial charge in [-0.25, -0.2) is 0 Å². The van der Waals surface area contributed by atoms with Crippen LogP contribution in [0.25, 0.3) is 10.9 Å². The number of pyridine rings is 1. The molecule has 0 aliphatic carbocycles. The molecule has 1 heterocycles. The van der Waals surface area contributed by atoms with Gasteiger partial charge in [-0.05, 0) is 24.3 Å². The molecule has 3 rings (SSSR count). The van der Waals surface area contributed by atoms with Crippen LogP contribution in [0.4, 0.5) is 18.9 Å². The molecule has 0 saturated heterocycles. The molecule has 3 amide bonds. The molecule has 2 aromatic carbocycles. The number of fused-ring (bicyclic) bond motifs is 1. The minimum atomic E-state index is -4.64. The molecule has 11 nitrogen and oxygen atoms in total. The minimum absolute atomic E-state index is 0.153. The number of nitrogens with one attached hydrogen (secondary N) is 2. The third kappa shape index (κ3) is 8.30. The first-order chi connectivity index (χ1) is 19.4. The highest BCUT2D eigenvalue weighted by molar-refractivity contribution is 6.18. The number of halogens is 3. The highest BCUT2D eigenvalue weighted by Gasteiger charge is 2.34. The fourth-order valence-corrected chi connectivity index (χ4v) is 3.93. The number of aromatic nitrogens is 1. The van der Waals surface area contributed by atoms with E-state index in [-0.39, 0.29) is 37.4 Å². The standard InChI is InChI=1S/C27H30F3N7O4/c28-27(29,30)18-7-5-16(6-8-18)24(39)23(26(41)35-19-13-17-3-1-2-4-21(17)34-15-19)36-25(40)20(33)14-22(38)37(11-9-31)12-10-32/h1-8,13,15,20,23H,9-12,14,31-33H2,(H,35,41)(H,36,40)/t20-,23-/m0/s1. The molecule has 0 spiro atoms. The van der Waals surface area contributed by atoms with E-state index in [0.29, 0.717) is 23.0 Å². The van der Waals surface area contributed by atoms with Crippen LogP contribution >= 0.6 is 0 Å². The number of para-hydroxylation sites is 1. The Balaban J connectivity index is 1.84. The molecule has 3 aromatic rings. The van der Waals surface area contributed by atoms with Crippen molar-refractivity contribution in [2.75, 3.05) is 31.5 Å². The monoisotopic (exact) mass is 573 g/mol. The zero-order valence-corrected chi connectivity index (χ0v) is 21.9. The number of amides is 3. The molecule has 1 aromatic heterocycles. The van der Waals surface area contributed by atoms with Gasteiger partial charge in [0.2, 0.25) is 11.8 Å². The van der Waals surface area contributed by atoms with Gasteiger partial charge in [0.1, 0.15) is 0 Å². The highest BCUT2D eigenvalue weighted by atomic mass is 19.4. The van der Waals surface area contributed by atoms with Gasteiger partial charge in [-0.2, -0.15) is 13.2 Å². The van der Waals surface area contributed by atoms with Crippen LogP contribution in [0.15, 0.2) is 60.8 Å². The number of hydrogen-bond acceptors (Lipinski definition) is 8. The van der Waals surface area contributed by atoms with Crippen LogP contribution < -0.4 is 27.8 Å². The van der Waals surface area contributed by atoms with Crippen LogP contribution in [0.2, 0.25) is 0 Å². The van der Waals surface area contributed by atoms with E-state index in [1.54, 1.807) is 30.3 Å². The van der Waals surface area contributed by atoms with E-state index < -0.39 is 53.7 Å². The van der Waals surface area contributed by atoms with Crippen LogP contribution in [0, 0.1) is 0 Å². The molecule has 0 unspecified atom stereocenters. The van der Waals surface area contributed by atoms with Crippen molar-refractivity contribution in [2.45, 2.75) is 24.7 Å². The second-order valence-electron chi connectivity index (χ2n) is 9.06. The molecule has 0 aliphatic rings. The predicted octanol–water partition coefficient (Wildman–Crippen LogP) is 1.02. The Morgan fingerprint density at radius 3 is 2.17 bits per heavy atom. The number of benzene rings is 2. The van der Waals surface area contributed by atoms with Gasteiger partial charge in [0.05, 0.1) is 35.4 Å². The van der Waals surface area contributed by atoms with Gasteiger partial charge in [0.25, 0.3) is 5.91 Å². The smallest absolute Gasteiger partial charge is 0.340 e. The highest BCUT2D eigenvalue weighted by Crippen LogP contribution is 2.29. The Hall–Kier alpha value is -4.40. The summed E-state index contributed by atoms with van der Waals surface area (Å²) >= 11 is 0. The van der Waals surface area contributed by atoms with Crippen LogP contribution in [-0.4, -0.2) is 71.7 Å². The lowest BCUT2D eigenvalue weighted by molar-refractivity contribution is -0.137. The zero-order valence-electron chi connectivity index (χ0n) is 21.9. The number of carbonyl (C=O) groups excluding carboxylic acids is 4. The maximum Gasteiger partial charge on any atom is 0.416 e. The summed E-state index contributed by atoms with van der Waals surface area (Å²) in [6, 6.07) is 8.45. The maximum absolute atomic E-state index is 13.3. The average molecular weight is 574 g/mol. The maximum atomic E-state index is 13.3. The van der Waals surface area contributed by atoms with Crippen molar-refractivity contribution in [1.29, 1.82) is 0 Å². The van der Waals surface area contributed by atoms with Crippen molar-refractivity contribution < 1.29 is 32.3 Å². The van der Waals surface area contributed by atoms with E-state index >= 15 is 0 Å². The average Bonchev–Trinajstić information content (AvgIpc) is 2.94. The van der Waals surface area contributed by atoms with E-state index in [1.807, 2.05) is 0 Å². The summed E-state index contributed by atoms with van der Waals surface area (Å²) in [6.07, 6.45) is -3.77. The summed E-state index contributed by atoms with van der Waals surface area (Å²) in [5.41, 5.74) is 16.5. The molecule has 8 N–H and O–H groups in total. The molecular formula is C27H30F3N7O4. The second-order valence-corrected chi connectivity index (χ2v) is 9.06. The summed E-state index contributed by atoms with van der Waals surface area (Å²) in [7, 11) is 0. The Morgan fingerprint density at radius 1 is 0.927 bits per heavy atom. The summed E-state index contributed by atoms with van der Waals surface area (Å²) in [6.45, 7) is 0.671. The van der Waals surface area contributed by atoms with E-state index in [9.17, 15) is 32.3 Å². The number of alkyl halides is 3. The summed E-state index contributed by atoms with van der Waals surface area (Å²) in [5, 5.41) is 5.41. The summed E-state index contributed by atoms with van der Waals surface area (Å²) in [4.78, 5) is 57.6. The van der Waals surface area contributed by atoms with Crippen molar-refractivity contribution in [3.8, 4) is 0 Å². The molecule has 0 aliphatic heterocycles. The van der Waals surface area contributed by atoms with E-state index in [0.717, 1.165) is 12.1 Å².